The van der Waals surface area contributed by atoms with Gasteiger partial charge in [-0.3, -0.25) is 0 Å². The van der Waals surface area contributed by atoms with E-state index in [1.54, 1.807) is 0 Å². The highest BCUT2D eigenvalue weighted by Gasteiger charge is 2.20. The fraction of sp³-hybridized carbons (Fsp3) is 0.286. The summed E-state index contributed by atoms with van der Waals surface area (Å²) in [4.78, 5) is 17.0. The van der Waals surface area contributed by atoms with Crippen molar-refractivity contribution >= 4 is 33.8 Å². The molecule has 0 saturated heterocycles. The number of carbonyl (C=O) groups is 1. The first-order valence-electron chi connectivity index (χ1n) is 6.63. The number of rotatable bonds is 3. The van der Waals surface area contributed by atoms with E-state index in [9.17, 15) is 14.3 Å². The van der Waals surface area contributed by atoms with Crippen LogP contribution in [0.4, 0.5) is 20.9 Å². The van der Waals surface area contributed by atoms with Crippen molar-refractivity contribution < 1.29 is 14.3 Å². The maximum absolute atomic E-state index is 13.4. The van der Waals surface area contributed by atoms with Gasteiger partial charge in [0.1, 0.15) is 11.4 Å². The fourth-order valence-electron chi connectivity index (χ4n) is 2.45. The van der Waals surface area contributed by atoms with Crippen molar-refractivity contribution in [3.8, 4) is 0 Å². The molecule has 0 bridgehead atoms. The molecular formula is C14H14FN3O2S. The van der Waals surface area contributed by atoms with Crippen molar-refractivity contribution in [1.29, 1.82) is 0 Å². The molecule has 1 aliphatic rings. The Labute approximate surface area is 124 Å². The Morgan fingerprint density at radius 3 is 2.86 bits per heavy atom. The van der Waals surface area contributed by atoms with E-state index in [0.29, 0.717) is 5.13 Å². The number of nitrogens with zero attached hydrogens (tertiary/aromatic N) is 1. The van der Waals surface area contributed by atoms with Gasteiger partial charge in [0.05, 0.1) is 17.1 Å². The second-order valence-corrected chi connectivity index (χ2v) is 5.99. The number of aromatic carboxylic acids is 1. The molecule has 21 heavy (non-hydrogen) atoms. The molecule has 3 rings (SSSR count). The molecule has 110 valence electrons. The van der Waals surface area contributed by atoms with Crippen LogP contribution in [-0.2, 0) is 12.8 Å². The Morgan fingerprint density at radius 2 is 2.14 bits per heavy atom. The van der Waals surface area contributed by atoms with Crippen molar-refractivity contribution in [3.63, 3.8) is 0 Å². The van der Waals surface area contributed by atoms with Crippen LogP contribution in [0.15, 0.2) is 12.1 Å². The Balaban J connectivity index is 1.96. The van der Waals surface area contributed by atoms with E-state index in [-0.39, 0.29) is 16.9 Å². The zero-order valence-corrected chi connectivity index (χ0v) is 12.0. The van der Waals surface area contributed by atoms with E-state index in [0.717, 1.165) is 37.4 Å². The maximum atomic E-state index is 13.4. The molecule has 0 spiro atoms. The third-order valence-corrected chi connectivity index (χ3v) is 4.57. The van der Waals surface area contributed by atoms with Gasteiger partial charge in [0, 0.05) is 4.88 Å². The van der Waals surface area contributed by atoms with Gasteiger partial charge in [0.2, 0.25) is 0 Å². The number of thiazole rings is 1. The molecule has 1 aromatic carbocycles. The largest absolute Gasteiger partial charge is 0.478 e. The number of aryl methyl sites for hydroxylation is 2. The van der Waals surface area contributed by atoms with Gasteiger partial charge < -0.3 is 16.2 Å². The van der Waals surface area contributed by atoms with Crippen molar-refractivity contribution in [2.24, 2.45) is 0 Å². The van der Waals surface area contributed by atoms with E-state index in [2.05, 4.69) is 10.3 Å². The van der Waals surface area contributed by atoms with E-state index in [4.69, 9.17) is 5.73 Å². The quantitative estimate of drug-likeness (QED) is 0.758. The predicted molar refractivity (Wildman–Crippen MR) is 79.8 cm³/mol. The average Bonchev–Trinajstić information content (AvgIpc) is 2.85. The normalized spacial score (nSPS) is 13.8. The van der Waals surface area contributed by atoms with E-state index >= 15 is 0 Å². The van der Waals surface area contributed by atoms with Crippen LogP contribution in [0.1, 0.15) is 33.8 Å². The fourth-order valence-corrected chi connectivity index (χ4v) is 3.51. The van der Waals surface area contributed by atoms with Crippen LogP contribution >= 0.6 is 11.3 Å². The van der Waals surface area contributed by atoms with Crippen LogP contribution in [0.5, 0.6) is 0 Å². The summed E-state index contributed by atoms with van der Waals surface area (Å²) in [5, 5.41) is 12.8. The molecule has 1 aliphatic carbocycles. The Morgan fingerprint density at radius 1 is 1.38 bits per heavy atom. The standard InChI is InChI=1S/C14H14FN3O2S/c15-7-5-6-9(11(12(7)16)13(19)20)18-14-17-8-3-1-2-4-10(8)21-14/h5-6H,1-4,16H2,(H,17,18)(H,19,20). The van der Waals surface area contributed by atoms with Crippen LogP contribution in [0.25, 0.3) is 0 Å². The van der Waals surface area contributed by atoms with Crippen LogP contribution in [0, 0.1) is 5.82 Å². The first kappa shape index (κ1) is 13.8. The minimum Gasteiger partial charge on any atom is -0.478 e. The molecule has 7 heteroatoms. The molecule has 0 radical (unpaired) electrons. The van der Waals surface area contributed by atoms with Gasteiger partial charge in [0.15, 0.2) is 5.13 Å². The zero-order chi connectivity index (χ0) is 15.0. The van der Waals surface area contributed by atoms with Crippen molar-refractivity contribution in [1.82, 2.24) is 4.98 Å². The van der Waals surface area contributed by atoms with Crippen LogP contribution < -0.4 is 11.1 Å². The van der Waals surface area contributed by atoms with Gasteiger partial charge in [-0.05, 0) is 37.8 Å². The smallest absolute Gasteiger partial charge is 0.340 e. The Bertz CT molecular complexity index is 691. The number of benzene rings is 1. The summed E-state index contributed by atoms with van der Waals surface area (Å²) in [7, 11) is 0. The predicted octanol–water partition coefficient (Wildman–Crippen LogP) is 3.19. The summed E-state index contributed by atoms with van der Waals surface area (Å²) in [6.07, 6.45) is 4.23. The molecule has 1 aromatic heterocycles. The minimum atomic E-state index is -1.27. The second kappa shape index (κ2) is 5.33. The molecule has 4 N–H and O–H groups in total. The van der Waals surface area contributed by atoms with Crippen LogP contribution in [0.2, 0.25) is 0 Å². The number of hydrogen-bond donors (Lipinski definition) is 3. The molecule has 2 aromatic rings. The third-order valence-electron chi connectivity index (χ3n) is 3.49. The van der Waals surface area contributed by atoms with Crippen molar-refractivity contribution in [3.05, 3.63) is 34.1 Å². The number of carboxylic acids is 1. The van der Waals surface area contributed by atoms with Crippen LogP contribution in [0.3, 0.4) is 0 Å². The molecule has 0 unspecified atom stereocenters. The average molecular weight is 307 g/mol. The van der Waals surface area contributed by atoms with E-state index in [1.165, 1.54) is 22.3 Å². The lowest BCUT2D eigenvalue weighted by molar-refractivity contribution is 0.0698. The summed E-state index contributed by atoms with van der Waals surface area (Å²) in [6, 6.07) is 2.52. The highest BCUT2D eigenvalue weighted by Crippen LogP contribution is 2.33. The van der Waals surface area contributed by atoms with Gasteiger partial charge in [-0.1, -0.05) is 0 Å². The van der Waals surface area contributed by atoms with Gasteiger partial charge in [-0.25, -0.2) is 14.2 Å². The maximum Gasteiger partial charge on any atom is 0.340 e. The molecule has 0 amide bonds. The molecular weight excluding hydrogens is 293 g/mol. The number of halogens is 1. The molecule has 0 atom stereocenters. The summed E-state index contributed by atoms with van der Waals surface area (Å²) < 4.78 is 13.4. The number of carboxylic acid groups (broad SMARTS) is 1. The zero-order valence-electron chi connectivity index (χ0n) is 11.1. The molecule has 5 nitrogen and oxygen atoms in total. The number of nitrogen functional groups attached to an aromatic ring is 1. The highest BCUT2D eigenvalue weighted by atomic mass is 32.1. The number of anilines is 3. The van der Waals surface area contributed by atoms with Gasteiger partial charge in [-0.2, -0.15) is 0 Å². The SMILES string of the molecule is Nc1c(F)ccc(Nc2nc3c(s2)CCCC3)c1C(=O)O. The Hall–Kier alpha value is -2.15. The van der Waals surface area contributed by atoms with Gasteiger partial charge >= 0.3 is 5.97 Å². The number of nitrogens with one attached hydrogen (secondary N) is 1. The van der Waals surface area contributed by atoms with Crippen molar-refractivity contribution in [2.45, 2.75) is 25.7 Å². The van der Waals surface area contributed by atoms with Gasteiger partial charge in [0.25, 0.3) is 0 Å². The first-order chi connectivity index (χ1) is 10.1. The molecule has 0 aliphatic heterocycles. The minimum absolute atomic E-state index is 0.257. The summed E-state index contributed by atoms with van der Waals surface area (Å²) in [5.74, 6) is -2.01. The second-order valence-electron chi connectivity index (χ2n) is 4.91. The van der Waals surface area contributed by atoms with Crippen LogP contribution in [-0.4, -0.2) is 16.1 Å². The lowest BCUT2D eigenvalue weighted by atomic mass is 10.0. The first-order valence-corrected chi connectivity index (χ1v) is 7.45. The van der Waals surface area contributed by atoms with E-state index in [1.807, 2.05) is 0 Å². The third kappa shape index (κ3) is 2.56. The number of fused-ring (bicyclic) bond motifs is 1. The van der Waals surface area contributed by atoms with E-state index < -0.39 is 11.8 Å². The number of nitrogens with two attached hydrogens (primary N) is 1. The summed E-state index contributed by atoms with van der Waals surface area (Å²) in [5.41, 5.74) is 6.22. The molecule has 0 fully saturated rings. The highest BCUT2D eigenvalue weighted by molar-refractivity contribution is 7.15. The molecule has 0 saturated carbocycles. The molecule has 1 heterocycles. The summed E-state index contributed by atoms with van der Waals surface area (Å²) in [6.45, 7) is 0. The number of hydrogen-bond acceptors (Lipinski definition) is 5. The number of aromatic nitrogens is 1. The lowest BCUT2D eigenvalue weighted by Gasteiger charge is -2.09. The Kier molecular flexibility index (Phi) is 3.50. The van der Waals surface area contributed by atoms with Gasteiger partial charge in [-0.15, -0.1) is 11.3 Å². The van der Waals surface area contributed by atoms with Crippen molar-refractivity contribution in [2.75, 3.05) is 11.1 Å². The topological polar surface area (TPSA) is 88.2 Å². The monoisotopic (exact) mass is 307 g/mol. The summed E-state index contributed by atoms with van der Waals surface area (Å²) >= 11 is 1.51. The lowest BCUT2D eigenvalue weighted by Crippen LogP contribution is -2.08.